The van der Waals surface area contributed by atoms with E-state index in [1.54, 1.807) is 0 Å². The third-order valence-corrected chi connectivity index (χ3v) is 6.31. The molecule has 0 nitrogen and oxygen atoms in total. The number of hydrogen-bond donors (Lipinski definition) is 0. The summed E-state index contributed by atoms with van der Waals surface area (Å²) in [6.45, 7) is 2.18. The van der Waals surface area contributed by atoms with Crippen LogP contribution in [0, 0.1) is 6.92 Å². The second-order valence-electron chi connectivity index (χ2n) is 6.62. The summed E-state index contributed by atoms with van der Waals surface area (Å²) in [5.41, 5.74) is 5.42. The molecule has 4 aromatic rings. The van der Waals surface area contributed by atoms with Crippen molar-refractivity contribution in [2.45, 2.75) is 6.92 Å². The van der Waals surface area contributed by atoms with Gasteiger partial charge in [0.1, 0.15) is 6.15 Å². The van der Waals surface area contributed by atoms with Crippen LogP contribution in [0.25, 0.3) is 0 Å². The fourth-order valence-electron chi connectivity index (χ4n) is 3.98. The Hall–Kier alpha value is -2.58. The lowest BCUT2D eigenvalue weighted by Crippen LogP contribution is -2.74. The molecular weight excluding hydrogens is 319 g/mol. The predicted octanol–water partition coefficient (Wildman–Crippen LogP) is 3.43. The van der Waals surface area contributed by atoms with Crippen molar-refractivity contribution in [2.24, 2.45) is 0 Å². The van der Waals surface area contributed by atoms with Crippen molar-refractivity contribution in [2.75, 3.05) is 0 Å². The highest BCUT2D eigenvalue weighted by Crippen LogP contribution is 2.14. The summed E-state index contributed by atoms with van der Waals surface area (Å²) in [5.74, 6) is 0. The minimum Gasteiger partial charge on any atom is -0.194 e. The Balaban J connectivity index is 2.12. The van der Waals surface area contributed by atoms with Gasteiger partial charge < -0.3 is 0 Å². The molecule has 0 bridgehead atoms. The lowest BCUT2D eigenvalue weighted by Gasteiger charge is -2.42. The van der Waals surface area contributed by atoms with Crippen LogP contribution in [-0.4, -0.2) is 6.15 Å². The number of aryl methyl sites for hydroxylation is 1. The van der Waals surface area contributed by atoms with E-state index in [4.69, 9.17) is 0 Å². The third kappa shape index (κ3) is 2.73. The van der Waals surface area contributed by atoms with Gasteiger partial charge in [0.25, 0.3) is 0 Å². The first kappa shape index (κ1) is 15.9. The van der Waals surface area contributed by atoms with Crippen molar-refractivity contribution in [3.05, 3.63) is 108 Å². The molecule has 0 saturated heterocycles. The van der Waals surface area contributed by atoms with Gasteiger partial charge in [0.15, 0.2) is 0 Å². The average molecular weight is 339 g/mol. The highest BCUT2D eigenvalue weighted by Gasteiger charge is 2.32. The van der Waals surface area contributed by atoms with E-state index in [9.17, 15) is 0 Å². The molecule has 1 heterocycles. The molecule has 0 aliphatic heterocycles. The van der Waals surface area contributed by atoms with Crippen LogP contribution in [0.1, 0.15) is 5.56 Å². The lowest BCUT2D eigenvalue weighted by atomic mass is 9.15. The van der Waals surface area contributed by atoms with Gasteiger partial charge in [-0.05, 0) is 17.9 Å². The largest absolute Gasteiger partial charge is 0.194 e. The van der Waals surface area contributed by atoms with E-state index in [0.29, 0.717) is 0 Å². The van der Waals surface area contributed by atoms with Gasteiger partial charge in [0.2, 0.25) is 0 Å². The summed E-state index contributed by atoms with van der Waals surface area (Å²) in [5, 5.41) is 2.26. The Labute approximate surface area is 153 Å². The van der Waals surface area contributed by atoms with Gasteiger partial charge in [-0.3, -0.25) is 0 Å². The Morgan fingerprint density at radius 2 is 1.00 bits per heavy atom. The molecule has 0 atom stereocenters. The SMILES string of the molecule is Cc1csc([B-](c2ccccc2)(c2ccccc2)c2ccccc2)c1. The van der Waals surface area contributed by atoms with Crippen LogP contribution < -0.4 is 21.2 Å². The standard InChI is InChI=1S/C23H20BS/c1-19-17-23(25-18-19)24(20-11-5-2-6-12-20,21-13-7-3-8-14-21)22-15-9-4-10-16-22/h2-18H,1H3/q-1. The van der Waals surface area contributed by atoms with Crippen LogP contribution in [0.3, 0.4) is 0 Å². The minimum atomic E-state index is -1.18. The summed E-state index contributed by atoms with van der Waals surface area (Å²) in [6.07, 6.45) is -1.18. The fourth-order valence-corrected chi connectivity index (χ4v) is 5.23. The van der Waals surface area contributed by atoms with Crippen molar-refractivity contribution >= 4 is 38.6 Å². The van der Waals surface area contributed by atoms with Gasteiger partial charge >= 0.3 is 0 Å². The van der Waals surface area contributed by atoms with E-state index in [1.807, 2.05) is 11.3 Å². The molecule has 0 saturated carbocycles. The lowest BCUT2D eigenvalue weighted by molar-refractivity contribution is 1.56. The van der Waals surface area contributed by atoms with E-state index in [1.165, 1.54) is 26.7 Å². The monoisotopic (exact) mass is 339 g/mol. The molecule has 4 rings (SSSR count). The Kier molecular flexibility index (Phi) is 4.29. The quantitative estimate of drug-likeness (QED) is 0.500. The zero-order chi connectivity index (χ0) is 17.1. The van der Waals surface area contributed by atoms with Crippen LogP contribution in [0.4, 0.5) is 0 Å². The summed E-state index contributed by atoms with van der Waals surface area (Å²) < 4.78 is 1.42. The molecule has 0 unspecified atom stereocenters. The zero-order valence-corrected chi connectivity index (χ0v) is 15.1. The number of rotatable bonds is 4. The Morgan fingerprint density at radius 1 is 0.600 bits per heavy atom. The maximum absolute atomic E-state index is 2.36. The highest BCUT2D eigenvalue weighted by molar-refractivity contribution is 7.35. The van der Waals surface area contributed by atoms with E-state index < -0.39 is 6.15 Å². The summed E-state index contributed by atoms with van der Waals surface area (Å²) in [6, 6.07) is 35.2. The molecule has 25 heavy (non-hydrogen) atoms. The van der Waals surface area contributed by atoms with Crippen LogP contribution >= 0.6 is 11.3 Å². The minimum absolute atomic E-state index is 1.18. The molecule has 0 radical (unpaired) electrons. The fraction of sp³-hybridized carbons (Fsp3) is 0.0435. The predicted molar refractivity (Wildman–Crippen MR) is 113 cm³/mol. The molecule has 0 amide bonds. The van der Waals surface area contributed by atoms with Gasteiger partial charge in [-0.15, -0.1) is 4.78 Å². The molecule has 0 N–H and O–H groups in total. The number of hydrogen-bond acceptors (Lipinski definition) is 1. The second-order valence-corrected chi connectivity index (χ2v) is 7.57. The zero-order valence-electron chi connectivity index (χ0n) is 14.3. The number of thiophene rings is 1. The smallest absolute Gasteiger partial charge is 0.118 e. The van der Waals surface area contributed by atoms with E-state index >= 15 is 0 Å². The molecular formula is C23H20BS-. The van der Waals surface area contributed by atoms with Crippen molar-refractivity contribution in [3.63, 3.8) is 0 Å². The average Bonchev–Trinajstić information content (AvgIpc) is 3.12. The maximum Gasteiger partial charge on any atom is 0.118 e. The molecule has 122 valence electrons. The van der Waals surface area contributed by atoms with Crippen LogP contribution in [0.5, 0.6) is 0 Å². The summed E-state index contributed by atoms with van der Waals surface area (Å²) in [4.78, 5) is 0. The van der Waals surface area contributed by atoms with E-state index in [-0.39, 0.29) is 0 Å². The number of benzene rings is 3. The first-order valence-corrected chi connectivity index (χ1v) is 9.57. The van der Waals surface area contributed by atoms with Crippen LogP contribution in [-0.2, 0) is 0 Å². The van der Waals surface area contributed by atoms with Crippen LogP contribution in [0.2, 0.25) is 0 Å². The molecule has 1 aromatic heterocycles. The first-order valence-electron chi connectivity index (χ1n) is 8.69. The van der Waals surface area contributed by atoms with E-state index in [0.717, 1.165) is 0 Å². The van der Waals surface area contributed by atoms with Gasteiger partial charge in [-0.1, -0.05) is 97.1 Å². The van der Waals surface area contributed by atoms with Gasteiger partial charge in [0, 0.05) is 0 Å². The highest BCUT2D eigenvalue weighted by atomic mass is 32.1. The molecule has 0 aliphatic carbocycles. The second kappa shape index (κ2) is 6.74. The van der Waals surface area contributed by atoms with Crippen molar-refractivity contribution in [1.82, 2.24) is 0 Å². The Morgan fingerprint density at radius 3 is 1.32 bits per heavy atom. The van der Waals surface area contributed by atoms with Gasteiger partial charge in [0.05, 0.1) is 0 Å². The summed E-state index contributed by atoms with van der Waals surface area (Å²) >= 11 is 1.87. The molecule has 0 fully saturated rings. The maximum atomic E-state index is 2.36. The van der Waals surface area contributed by atoms with Crippen molar-refractivity contribution in [1.29, 1.82) is 0 Å². The summed E-state index contributed by atoms with van der Waals surface area (Å²) in [7, 11) is 0. The van der Waals surface area contributed by atoms with E-state index in [2.05, 4.69) is 109 Å². The Bertz CT molecular complexity index is 846. The molecule has 0 spiro atoms. The molecule has 2 heteroatoms. The first-order chi connectivity index (χ1) is 12.3. The third-order valence-electron chi connectivity index (χ3n) is 5.08. The van der Waals surface area contributed by atoms with Crippen LogP contribution in [0.15, 0.2) is 102 Å². The van der Waals surface area contributed by atoms with Gasteiger partial charge in [-0.2, -0.15) is 27.7 Å². The normalized spacial score (nSPS) is 11.4. The van der Waals surface area contributed by atoms with Crippen molar-refractivity contribution < 1.29 is 0 Å². The topological polar surface area (TPSA) is 0 Å². The molecule has 0 aliphatic rings. The molecule has 3 aromatic carbocycles. The van der Waals surface area contributed by atoms with Gasteiger partial charge in [-0.25, -0.2) is 0 Å². The van der Waals surface area contributed by atoms with Crippen molar-refractivity contribution in [3.8, 4) is 0 Å².